The summed E-state index contributed by atoms with van der Waals surface area (Å²) in [6, 6.07) is 14.4. The highest BCUT2D eigenvalue weighted by Crippen LogP contribution is 2.34. The number of nitrogens with zero attached hydrogens (tertiary/aromatic N) is 4. The van der Waals surface area contributed by atoms with Crippen molar-refractivity contribution >= 4 is 45.9 Å². The van der Waals surface area contributed by atoms with E-state index in [1.54, 1.807) is 11.3 Å². The molecule has 0 aliphatic carbocycles. The summed E-state index contributed by atoms with van der Waals surface area (Å²) >= 11 is 8.08. The Labute approximate surface area is 211 Å². The zero-order valence-electron chi connectivity index (χ0n) is 19.3. The van der Waals surface area contributed by atoms with Gasteiger partial charge in [0.15, 0.2) is 0 Å². The van der Waals surface area contributed by atoms with Gasteiger partial charge >= 0.3 is 11.9 Å². The second kappa shape index (κ2) is 12.4. The predicted molar refractivity (Wildman–Crippen MR) is 137 cm³/mol. The first-order valence-corrected chi connectivity index (χ1v) is 12.0. The first kappa shape index (κ1) is 26.3. The van der Waals surface area contributed by atoms with E-state index in [0.29, 0.717) is 0 Å². The third-order valence-corrected chi connectivity index (χ3v) is 6.07. The number of carboxylic acids is 2. The van der Waals surface area contributed by atoms with E-state index in [-0.39, 0.29) is 5.28 Å². The Morgan fingerprint density at radius 3 is 2.46 bits per heavy atom. The Morgan fingerprint density at radius 2 is 1.80 bits per heavy atom. The maximum absolute atomic E-state index is 9.10. The van der Waals surface area contributed by atoms with Crippen LogP contribution in [0, 0.1) is 0 Å². The van der Waals surface area contributed by atoms with Crippen LogP contribution in [0.1, 0.15) is 11.3 Å². The van der Waals surface area contributed by atoms with E-state index in [4.69, 9.17) is 31.4 Å². The molecular formula is C24H26ClN5O4S. The number of hydrogen-bond acceptors (Lipinski definition) is 7. The third-order valence-electron chi connectivity index (χ3n) is 4.98. The molecule has 0 saturated carbocycles. The van der Waals surface area contributed by atoms with E-state index < -0.39 is 11.9 Å². The number of nitrogens with one attached hydrogen (secondary N) is 1. The molecule has 0 fully saturated rings. The normalized spacial score (nSPS) is 10.9. The van der Waals surface area contributed by atoms with E-state index in [1.807, 2.05) is 24.4 Å². The fraction of sp³-hybridized carbons (Fsp3) is 0.250. The number of aromatic nitrogens is 3. The molecule has 0 atom stereocenters. The number of benzene rings is 1. The van der Waals surface area contributed by atoms with Crippen molar-refractivity contribution in [3.63, 3.8) is 0 Å². The fourth-order valence-corrected chi connectivity index (χ4v) is 4.41. The van der Waals surface area contributed by atoms with Crippen LogP contribution in [0.4, 0.5) is 0 Å². The van der Waals surface area contributed by atoms with Gasteiger partial charge in [0.25, 0.3) is 0 Å². The summed E-state index contributed by atoms with van der Waals surface area (Å²) in [4.78, 5) is 30.8. The quantitative estimate of drug-likeness (QED) is 0.183. The molecule has 35 heavy (non-hydrogen) atoms. The summed E-state index contributed by atoms with van der Waals surface area (Å²) in [5.41, 5.74) is 3.88. The second-order valence-corrected chi connectivity index (χ2v) is 9.14. The topological polar surface area (TPSA) is 121 Å². The predicted octanol–water partition coefficient (Wildman–Crippen LogP) is 4.00. The molecule has 3 aromatic heterocycles. The van der Waals surface area contributed by atoms with Gasteiger partial charge in [-0.2, -0.15) is 4.98 Å². The highest BCUT2D eigenvalue weighted by Gasteiger charge is 2.16. The molecule has 0 radical (unpaired) electrons. The fourth-order valence-electron chi connectivity index (χ4n) is 3.40. The molecule has 0 bridgehead atoms. The summed E-state index contributed by atoms with van der Waals surface area (Å²) in [5, 5.41) is 21.7. The van der Waals surface area contributed by atoms with Crippen LogP contribution >= 0.6 is 22.9 Å². The first-order chi connectivity index (χ1) is 16.8. The van der Waals surface area contributed by atoms with E-state index in [0.717, 1.165) is 54.0 Å². The lowest BCUT2D eigenvalue weighted by Gasteiger charge is -2.10. The molecule has 0 aliphatic heterocycles. The van der Waals surface area contributed by atoms with Gasteiger partial charge in [-0.3, -0.25) is 0 Å². The average molecular weight is 516 g/mol. The smallest absolute Gasteiger partial charge is 0.414 e. The SMILES string of the molecule is CN(C)CCCNCc1sccc1-c1nc(Cl)nc2c1ccn2-c1ccccc1.O=C(O)C(=O)O. The van der Waals surface area contributed by atoms with Crippen molar-refractivity contribution in [2.45, 2.75) is 13.0 Å². The zero-order valence-corrected chi connectivity index (χ0v) is 20.9. The van der Waals surface area contributed by atoms with Crippen molar-refractivity contribution < 1.29 is 19.8 Å². The van der Waals surface area contributed by atoms with Crippen molar-refractivity contribution in [3.05, 3.63) is 64.2 Å². The van der Waals surface area contributed by atoms with E-state index in [1.165, 1.54) is 4.88 Å². The molecule has 4 rings (SSSR count). The van der Waals surface area contributed by atoms with Gasteiger partial charge in [-0.15, -0.1) is 11.3 Å². The van der Waals surface area contributed by atoms with Crippen LogP contribution in [0.5, 0.6) is 0 Å². The van der Waals surface area contributed by atoms with Gasteiger partial charge in [0, 0.05) is 34.3 Å². The molecule has 0 saturated heterocycles. The molecule has 0 unspecified atom stereocenters. The lowest BCUT2D eigenvalue weighted by molar-refractivity contribution is -0.159. The van der Waals surface area contributed by atoms with E-state index in [2.05, 4.69) is 68.5 Å². The van der Waals surface area contributed by atoms with Gasteiger partial charge in [-0.05, 0) is 74.9 Å². The van der Waals surface area contributed by atoms with Crippen LogP contribution in [-0.2, 0) is 16.1 Å². The number of carboxylic acid groups (broad SMARTS) is 2. The Hall–Kier alpha value is -3.31. The average Bonchev–Trinajstić information content (AvgIpc) is 3.46. The monoisotopic (exact) mass is 515 g/mol. The number of carbonyl (C=O) groups is 2. The number of aliphatic carboxylic acids is 2. The van der Waals surface area contributed by atoms with Crippen molar-refractivity contribution in [3.8, 4) is 16.9 Å². The summed E-state index contributed by atoms with van der Waals surface area (Å²) in [6.45, 7) is 2.89. The molecule has 9 nitrogen and oxygen atoms in total. The van der Waals surface area contributed by atoms with Gasteiger partial charge in [0.1, 0.15) is 5.65 Å². The Bertz CT molecular complexity index is 1280. The second-order valence-electron chi connectivity index (χ2n) is 7.80. The molecule has 0 aliphatic rings. The molecule has 3 heterocycles. The molecule has 4 aromatic rings. The minimum Gasteiger partial charge on any atom is -0.473 e. The number of rotatable bonds is 8. The van der Waals surface area contributed by atoms with Crippen molar-refractivity contribution in [2.24, 2.45) is 0 Å². The van der Waals surface area contributed by atoms with Crippen LogP contribution in [0.2, 0.25) is 5.28 Å². The van der Waals surface area contributed by atoms with E-state index in [9.17, 15) is 0 Å². The maximum Gasteiger partial charge on any atom is 0.414 e. The maximum atomic E-state index is 9.10. The third kappa shape index (κ3) is 7.09. The van der Waals surface area contributed by atoms with Crippen LogP contribution < -0.4 is 5.32 Å². The lowest BCUT2D eigenvalue weighted by atomic mass is 10.1. The summed E-state index contributed by atoms with van der Waals surface area (Å²) in [5.74, 6) is -3.65. The number of halogens is 1. The summed E-state index contributed by atoms with van der Waals surface area (Å²) in [7, 11) is 4.20. The van der Waals surface area contributed by atoms with Gasteiger partial charge in [-0.1, -0.05) is 18.2 Å². The van der Waals surface area contributed by atoms with Crippen LogP contribution in [-0.4, -0.2) is 68.8 Å². The Morgan fingerprint density at radius 1 is 1.09 bits per heavy atom. The van der Waals surface area contributed by atoms with Gasteiger partial charge in [-0.25, -0.2) is 14.6 Å². The van der Waals surface area contributed by atoms with Gasteiger partial charge in [0.2, 0.25) is 5.28 Å². The highest BCUT2D eigenvalue weighted by molar-refractivity contribution is 7.10. The van der Waals surface area contributed by atoms with Crippen molar-refractivity contribution in [1.29, 1.82) is 0 Å². The van der Waals surface area contributed by atoms with Gasteiger partial charge < -0.3 is 25.0 Å². The molecular weight excluding hydrogens is 490 g/mol. The standard InChI is InChI=1S/C22H24ClN5S.C2H2O4/c1-27(2)12-6-11-24-15-19-17(10-14-29-19)20-18-9-13-28(16-7-4-3-5-8-16)21(18)26-22(23)25-20;3-1(4)2(5)6/h3-5,7-10,13-14,24H,6,11-12,15H2,1-2H3;(H,3,4)(H,5,6). The van der Waals surface area contributed by atoms with Gasteiger partial charge in [0.05, 0.1) is 5.69 Å². The number of para-hydroxylation sites is 1. The molecule has 1 aromatic carbocycles. The molecule has 11 heteroatoms. The molecule has 3 N–H and O–H groups in total. The first-order valence-electron chi connectivity index (χ1n) is 10.8. The number of hydrogen-bond donors (Lipinski definition) is 3. The van der Waals surface area contributed by atoms with Crippen LogP contribution in [0.25, 0.3) is 28.0 Å². The largest absolute Gasteiger partial charge is 0.473 e. The summed E-state index contributed by atoms with van der Waals surface area (Å²) in [6.07, 6.45) is 3.15. The zero-order chi connectivity index (χ0) is 25.4. The molecule has 184 valence electrons. The number of thiophene rings is 1. The molecule has 0 amide bonds. The minimum absolute atomic E-state index is 0.263. The minimum atomic E-state index is -1.82. The van der Waals surface area contributed by atoms with E-state index >= 15 is 0 Å². The molecule has 0 spiro atoms. The Balaban J connectivity index is 0.000000509. The van der Waals surface area contributed by atoms with Crippen molar-refractivity contribution in [2.75, 3.05) is 27.2 Å². The lowest BCUT2D eigenvalue weighted by Crippen LogP contribution is -2.20. The van der Waals surface area contributed by atoms with Crippen LogP contribution in [0.3, 0.4) is 0 Å². The summed E-state index contributed by atoms with van der Waals surface area (Å²) < 4.78 is 2.05. The van der Waals surface area contributed by atoms with Crippen LogP contribution in [0.15, 0.2) is 54.0 Å². The number of fused-ring (bicyclic) bond motifs is 1. The highest BCUT2D eigenvalue weighted by atomic mass is 35.5. The Kier molecular flexibility index (Phi) is 9.32. The van der Waals surface area contributed by atoms with Crippen molar-refractivity contribution in [1.82, 2.24) is 24.8 Å².